The fourth-order valence-electron chi connectivity index (χ4n) is 1.76. The molecule has 0 bridgehead atoms. The maximum atomic E-state index is 13.6. The van der Waals surface area contributed by atoms with Gasteiger partial charge in [0, 0.05) is 6.42 Å². The lowest BCUT2D eigenvalue weighted by molar-refractivity contribution is -0.142. The number of halogens is 2. The number of fused-ring (bicyclic) bond motifs is 1. The lowest BCUT2D eigenvalue weighted by Gasteiger charge is -2.22. The highest BCUT2D eigenvalue weighted by Gasteiger charge is 2.36. The Balaban J connectivity index is 2.14. The van der Waals surface area contributed by atoms with Crippen molar-refractivity contribution < 1.29 is 23.4 Å². The van der Waals surface area contributed by atoms with Gasteiger partial charge in [-0.1, -0.05) is 13.0 Å². The summed E-state index contributed by atoms with van der Waals surface area (Å²) in [5.41, 5.74) is 0.468. The van der Waals surface area contributed by atoms with Crippen molar-refractivity contribution in [2.45, 2.75) is 31.8 Å². The standard InChI is InChI=1S/C12H14F2O3/c1-2-11(13)12(14,15)6-8-3-4-9-10(5-8)17-7-16-9/h3-5,11,15H,2,6-7H2,1H3. The van der Waals surface area contributed by atoms with Crippen LogP contribution < -0.4 is 9.47 Å². The molecule has 1 aliphatic rings. The van der Waals surface area contributed by atoms with Crippen LogP contribution in [0.25, 0.3) is 0 Å². The van der Waals surface area contributed by atoms with E-state index in [4.69, 9.17) is 9.47 Å². The minimum Gasteiger partial charge on any atom is -0.454 e. The second-order valence-corrected chi connectivity index (χ2v) is 4.06. The minimum absolute atomic E-state index is 0.0719. The van der Waals surface area contributed by atoms with Gasteiger partial charge in [0.05, 0.1) is 0 Å². The molecule has 1 aromatic carbocycles. The molecule has 1 N–H and O–H groups in total. The van der Waals surface area contributed by atoms with Gasteiger partial charge in [-0.25, -0.2) is 8.78 Å². The second-order valence-electron chi connectivity index (χ2n) is 4.06. The summed E-state index contributed by atoms with van der Waals surface area (Å²) in [7, 11) is 0. The monoisotopic (exact) mass is 244 g/mol. The molecule has 0 aliphatic carbocycles. The van der Waals surface area contributed by atoms with E-state index in [2.05, 4.69) is 0 Å². The van der Waals surface area contributed by atoms with Crippen LogP contribution >= 0.6 is 0 Å². The van der Waals surface area contributed by atoms with Crippen LogP contribution in [0.2, 0.25) is 0 Å². The Morgan fingerprint density at radius 2 is 2.12 bits per heavy atom. The summed E-state index contributed by atoms with van der Waals surface area (Å²) in [6, 6.07) is 4.75. The predicted molar refractivity (Wildman–Crippen MR) is 57.5 cm³/mol. The summed E-state index contributed by atoms with van der Waals surface area (Å²) in [5, 5.41) is 9.37. The predicted octanol–water partition coefficient (Wildman–Crippen LogP) is 2.36. The molecule has 2 atom stereocenters. The van der Waals surface area contributed by atoms with Crippen molar-refractivity contribution in [3.8, 4) is 11.5 Å². The molecule has 2 rings (SSSR count). The van der Waals surface area contributed by atoms with Gasteiger partial charge in [0.1, 0.15) is 0 Å². The van der Waals surface area contributed by atoms with E-state index in [-0.39, 0.29) is 13.2 Å². The van der Waals surface area contributed by atoms with Gasteiger partial charge in [-0.15, -0.1) is 0 Å². The van der Waals surface area contributed by atoms with Crippen LogP contribution in [0.5, 0.6) is 11.5 Å². The Bertz CT molecular complexity index is 407. The van der Waals surface area contributed by atoms with Crippen molar-refractivity contribution in [1.82, 2.24) is 0 Å². The highest BCUT2D eigenvalue weighted by atomic mass is 19.2. The molecule has 1 aliphatic heterocycles. The normalized spacial score (nSPS) is 18.8. The van der Waals surface area contributed by atoms with Crippen molar-refractivity contribution >= 4 is 0 Å². The molecule has 0 spiro atoms. The zero-order valence-corrected chi connectivity index (χ0v) is 9.45. The number of hydrogen-bond acceptors (Lipinski definition) is 3. The molecule has 0 aromatic heterocycles. The van der Waals surface area contributed by atoms with Gasteiger partial charge in [-0.3, -0.25) is 0 Å². The van der Waals surface area contributed by atoms with Crippen LogP contribution in [0.15, 0.2) is 18.2 Å². The van der Waals surface area contributed by atoms with Gasteiger partial charge in [-0.2, -0.15) is 0 Å². The Hall–Kier alpha value is -1.36. The molecule has 0 saturated carbocycles. The molecule has 1 aromatic rings. The molecule has 0 saturated heterocycles. The molecule has 0 amide bonds. The van der Waals surface area contributed by atoms with Gasteiger partial charge in [0.2, 0.25) is 12.6 Å². The van der Waals surface area contributed by atoms with Crippen molar-refractivity contribution in [2.24, 2.45) is 0 Å². The molecule has 0 radical (unpaired) electrons. The molecular formula is C12H14F2O3. The van der Waals surface area contributed by atoms with Crippen LogP contribution in [-0.2, 0) is 6.42 Å². The first-order valence-electron chi connectivity index (χ1n) is 5.47. The SMILES string of the molecule is CCC(F)C(O)(F)Cc1ccc2c(c1)OCO2. The Labute approximate surface area is 98.0 Å². The van der Waals surface area contributed by atoms with E-state index >= 15 is 0 Å². The zero-order valence-electron chi connectivity index (χ0n) is 9.45. The first-order chi connectivity index (χ1) is 8.03. The lowest BCUT2D eigenvalue weighted by Crippen LogP contribution is -2.36. The number of hydrogen-bond donors (Lipinski definition) is 1. The summed E-state index contributed by atoms with van der Waals surface area (Å²) in [6.07, 6.45) is -2.37. The van der Waals surface area contributed by atoms with E-state index in [9.17, 15) is 13.9 Å². The first-order valence-corrected chi connectivity index (χ1v) is 5.47. The number of ether oxygens (including phenoxy) is 2. The number of benzene rings is 1. The average molecular weight is 244 g/mol. The third-order valence-electron chi connectivity index (χ3n) is 2.73. The Morgan fingerprint density at radius 3 is 2.82 bits per heavy atom. The first kappa shape index (κ1) is 12.1. The molecular weight excluding hydrogens is 230 g/mol. The van der Waals surface area contributed by atoms with Crippen molar-refractivity contribution in [2.75, 3.05) is 6.79 Å². The van der Waals surface area contributed by atoms with Gasteiger partial charge < -0.3 is 14.6 Å². The summed E-state index contributed by atoms with van der Waals surface area (Å²) in [4.78, 5) is 0. The molecule has 2 unspecified atom stereocenters. The quantitative estimate of drug-likeness (QED) is 0.883. The Kier molecular flexibility index (Phi) is 3.19. The van der Waals surface area contributed by atoms with E-state index < -0.39 is 18.4 Å². The summed E-state index contributed by atoms with van der Waals surface area (Å²) in [5.74, 6) is -1.78. The van der Waals surface area contributed by atoms with Gasteiger partial charge in [0.15, 0.2) is 17.7 Å². The number of rotatable bonds is 4. The van der Waals surface area contributed by atoms with Crippen LogP contribution in [0.4, 0.5) is 8.78 Å². The molecule has 94 valence electrons. The topological polar surface area (TPSA) is 38.7 Å². The summed E-state index contributed by atoms with van der Waals surface area (Å²) >= 11 is 0. The van der Waals surface area contributed by atoms with Crippen LogP contribution in [-0.4, -0.2) is 23.9 Å². The molecule has 3 nitrogen and oxygen atoms in total. The van der Waals surface area contributed by atoms with Crippen molar-refractivity contribution in [3.05, 3.63) is 23.8 Å². The second kappa shape index (κ2) is 4.49. The maximum Gasteiger partial charge on any atom is 0.242 e. The van der Waals surface area contributed by atoms with Crippen LogP contribution in [0, 0.1) is 0 Å². The van der Waals surface area contributed by atoms with E-state index in [1.165, 1.54) is 6.92 Å². The molecule has 1 heterocycles. The van der Waals surface area contributed by atoms with E-state index in [0.29, 0.717) is 17.1 Å². The summed E-state index contributed by atoms with van der Waals surface area (Å²) in [6.45, 7) is 1.61. The number of alkyl halides is 2. The van der Waals surface area contributed by atoms with Crippen molar-refractivity contribution in [1.29, 1.82) is 0 Å². The average Bonchev–Trinajstić information content (AvgIpc) is 2.74. The highest BCUT2D eigenvalue weighted by Crippen LogP contribution is 2.34. The Morgan fingerprint density at radius 1 is 1.41 bits per heavy atom. The highest BCUT2D eigenvalue weighted by molar-refractivity contribution is 5.44. The largest absolute Gasteiger partial charge is 0.454 e. The molecule has 0 fully saturated rings. The fourth-order valence-corrected chi connectivity index (χ4v) is 1.76. The van der Waals surface area contributed by atoms with Crippen LogP contribution in [0.1, 0.15) is 18.9 Å². The molecule has 17 heavy (non-hydrogen) atoms. The zero-order chi connectivity index (χ0) is 12.5. The third kappa shape index (κ3) is 2.49. The smallest absolute Gasteiger partial charge is 0.242 e. The third-order valence-corrected chi connectivity index (χ3v) is 2.73. The van der Waals surface area contributed by atoms with E-state index in [0.717, 1.165) is 0 Å². The minimum atomic E-state index is -2.84. The lowest BCUT2D eigenvalue weighted by atomic mass is 10.0. The van der Waals surface area contributed by atoms with E-state index in [1.54, 1.807) is 18.2 Å². The van der Waals surface area contributed by atoms with E-state index in [1.807, 2.05) is 0 Å². The van der Waals surface area contributed by atoms with Gasteiger partial charge in [-0.05, 0) is 24.1 Å². The van der Waals surface area contributed by atoms with Crippen LogP contribution in [0.3, 0.4) is 0 Å². The van der Waals surface area contributed by atoms with Crippen molar-refractivity contribution in [3.63, 3.8) is 0 Å². The summed E-state index contributed by atoms with van der Waals surface area (Å²) < 4.78 is 37.0. The fraction of sp³-hybridized carbons (Fsp3) is 0.500. The van der Waals surface area contributed by atoms with Gasteiger partial charge in [0.25, 0.3) is 0 Å². The number of aliphatic hydroxyl groups is 1. The molecule has 5 heteroatoms. The maximum absolute atomic E-state index is 13.6. The van der Waals surface area contributed by atoms with Gasteiger partial charge >= 0.3 is 0 Å².